The van der Waals surface area contributed by atoms with E-state index in [0.29, 0.717) is 0 Å². The molecule has 1 aromatic rings. The molecule has 1 saturated carbocycles. The predicted octanol–water partition coefficient (Wildman–Crippen LogP) is 2.71. The smallest absolute Gasteiger partial charge is 0.185 e. The highest BCUT2D eigenvalue weighted by Crippen LogP contribution is 2.34. The maximum absolute atomic E-state index is 5.93. The van der Waals surface area contributed by atoms with Gasteiger partial charge in [-0.25, -0.2) is 4.98 Å². The van der Waals surface area contributed by atoms with Crippen molar-refractivity contribution in [2.45, 2.75) is 39.7 Å². The maximum Gasteiger partial charge on any atom is 0.185 e. The van der Waals surface area contributed by atoms with E-state index in [0.717, 1.165) is 23.3 Å². The molecule has 1 aliphatic carbocycles. The van der Waals surface area contributed by atoms with Gasteiger partial charge in [-0.15, -0.1) is 11.3 Å². The summed E-state index contributed by atoms with van der Waals surface area (Å²) in [6.45, 7) is 8.50. The van der Waals surface area contributed by atoms with E-state index in [4.69, 9.17) is 5.73 Å². The van der Waals surface area contributed by atoms with Gasteiger partial charge in [0.05, 0.1) is 5.69 Å². The summed E-state index contributed by atoms with van der Waals surface area (Å²) in [7, 11) is 0. The molecule has 1 atom stereocenters. The second-order valence-corrected chi connectivity index (χ2v) is 5.73. The summed E-state index contributed by atoms with van der Waals surface area (Å²) in [5, 5.41) is 1.15. The normalized spacial score (nSPS) is 17.5. The Morgan fingerprint density at radius 2 is 2.25 bits per heavy atom. The van der Waals surface area contributed by atoms with Crippen LogP contribution in [-0.2, 0) is 0 Å². The van der Waals surface area contributed by atoms with Crippen LogP contribution in [-0.4, -0.2) is 18.1 Å². The first kappa shape index (κ1) is 11.9. The third-order valence-corrected chi connectivity index (χ3v) is 4.48. The lowest BCUT2D eigenvalue weighted by molar-refractivity contribution is 0.738. The first-order chi connectivity index (χ1) is 7.61. The number of anilines is 1. The molecular weight excluding hydrogens is 218 g/mol. The number of hydrogen-bond acceptors (Lipinski definition) is 4. The van der Waals surface area contributed by atoms with E-state index in [1.807, 2.05) is 6.92 Å². The van der Waals surface area contributed by atoms with Crippen LogP contribution >= 0.6 is 11.3 Å². The van der Waals surface area contributed by atoms with E-state index in [1.54, 1.807) is 11.3 Å². The maximum atomic E-state index is 5.93. The molecular formula is C12H21N3S. The summed E-state index contributed by atoms with van der Waals surface area (Å²) in [6.07, 6.45) is 2.78. The van der Waals surface area contributed by atoms with E-state index >= 15 is 0 Å². The summed E-state index contributed by atoms with van der Waals surface area (Å²) < 4.78 is 0. The first-order valence-corrected chi connectivity index (χ1v) is 6.91. The molecule has 2 rings (SSSR count). The van der Waals surface area contributed by atoms with Gasteiger partial charge in [-0.2, -0.15) is 0 Å². The van der Waals surface area contributed by atoms with Gasteiger partial charge in [0.2, 0.25) is 0 Å². The molecule has 1 aliphatic rings. The third kappa shape index (κ3) is 2.55. The summed E-state index contributed by atoms with van der Waals surface area (Å²) in [4.78, 5) is 8.26. The Bertz CT molecular complexity index is 355. The Morgan fingerprint density at radius 1 is 1.56 bits per heavy atom. The van der Waals surface area contributed by atoms with E-state index in [-0.39, 0.29) is 6.04 Å². The molecule has 1 unspecified atom stereocenters. The minimum absolute atomic E-state index is 0.103. The summed E-state index contributed by atoms with van der Waals surface area (Å²) in [5.74, 6) is 0.905. The second kappa shape index (κ2) is 4.72. The summed E-state index contributed by atoms with van der Waals surface area (Å²) >= 11 is 1.76. The first-order valence-electron chi connectivity index (χ1n) is 6.09. The molecule has 1 fully saturated rings. The van der Waals surface area contributed by atoms with Gasteiger partial charge in [0.25, 0.3) is 0 Å². The van der Waals surface area contributed by atoms with Crippen molar-refractivity contribution in [3.05, 3.63) is 10.6 Å². The monoisotopic (exact) mass is 239 g/mol. The van der Waals surface area contributed by atoms with Crippen molar-refractivity contribution >= 4 is 16.5 Å². The number of nitrogens with two attached hydrogens (primary N) is 1. The zero-order valence-electron chi connectivity index (χ0n) is 10.4. The van der Waals surface area contributed by atoms with Crippen molar-refractivity contribution < 1.29 is 0 Å². The Hall–Kier alpha value is -0.610. The van der Waals surface area contributed by atoms with Crippen LogP contribution < -0.4 is 10.6 Å². The molecule has 90 valence electrons. The summed E-state index contributed by atoms with van der Waals surface area (Å²) in [6, 6.07) is 0.103. The van der Waals surface area contributed by atoms with Gasteiger partial charge < -0.3 is 10.6 Å². The largest absolute Gasteiger partial charge is 0.348 e. The molecule has 0 amide bonds. The van der Waals surface area contributed by atoms with Crippen molar-refractivity contribution in [3.63, 3.8) is 0 Å². The molecule has 3 nitrogen and oxygen atoms in total. The highest BCUT2D eigenvalue weighted by atomic mass is 32.1. The zero-order chi connectivity index (χ0) is 11.7. The average molecular weight is 239 g/mol. The molecule has 0 aliphatic heterocycles. The van der Waals surface area contributed by atoms with Crippen LogP contribution in [0.2, 0.25) is 0 Å². The lowest BCUT2D eigenvalue weighted by Crippen LogP contribution is -2.24. The molecule has 0 spiro atoms. The molecule has 0 saturated heterocycles. The van der Waals surface area contributed by atoms with Gasteiger partial charge in [0.1, 0.15) is 0 Å². The van der Waals surface area contributed by atoms with Crippen LogP contribution in [0, 0.1) is 12.8 Å². The quantitative estimate of drug-likeness (QED) is 0.859. The fraction of sp³-hybridized carbons (Fsp3) is 0.750. The van der Waals surface area contributed by atoms with Gasteiger partial charge in [0, 0.05) is 24.0 Å². The molecule has 16 heavy (non-hydrogen) atoms. The number of thiazole rings is 1. The average Bonchev–Trinajstić information content (AvgIpc) is 2.97. The lowest BCUT2D eigenvalue weighted by atomic mass is 10.2. The minimum atomic E-state index is 0.103. The molecule has 0 radical (unpaired) electrons. The van der Waals surface area contributed by atoms with Crippen LogP contribution in [0.25, 0.3) is 0 Å². The topological polar surface area (TPSA) is 42.2 Å². The number of aryl methyl sites for hydroxylation is 1. The highest BCUT2D eigenvalue weighted by molar-refractivity contribution is 7.15. The second-order valence-electron chi connectivity index (χ2n) is 4.72. The molecule has 1 heterocycles. The fourth-order valence-corrected chi connectivity index (χ4v) is 3.00. The standard InChI is InChI=1S/C12H21N3S/c1-4-15(7-10-5-6-10)12-14-9(3)11(16-12)8(2)13/h8,10H,4-7,13H2,1-3H3. The van der Waals surface area contributed by atoms with Gasteiger partial charge in [-0.3, -0.25) is 0 Å². The Morgan fingerprint density at radius 3 is 2.69 bits per heavy atom. The van der Waals surface area contributed by atoms with E-state index in [9.17, 15) is 0 Å². The minimum Gasteiger partial charge on any atom is -0.348 e. The molecule has 2 N–H and O–H groups in total. The van der Waals surface area contributed by atoms with Crippen molar-refractivity contribution in [1.29, 1.82) is 0 Å². The Labute approximate surface area is 102 Å². The van der Waals surface area contributed by atoms with Crippen molar-refractivity contribution in [1.82, 2.24) is 4.98 Å². The molecule has 0 aromatic carbocycles. The van der Waals surface area contributed by atoms with E-state index in [2.05, 4.69) is 23.7 Å². The van der Waals surface area contributed by atoms with Crippen molar-refractivity contribution in [2.24, 2.45) is 11.7 Å². The molecule has 1 aromatic heterocycles. The number of rotatable bonds is 5. The lowest BCUT2D eigenvalue weighted by Gasteiger charge is -2.19. The van der Waals surface area contributed by atoms with Gasteiger partial charge in [0.15, 0.2) is 5.13 Å². The van der Waals surface area contributed by atoms with Gasteiger partial charge in [-0.05, 0) is 39.5 Å². The van der Waals surface area contributed by atoms with Crippen LogP contribution in [0.5, 0.6) is 0 Å². The SMILES string of the molecule is CCN(CC1CC1)c1nc(C)c(C(C)N)s1. The Kier molecular flexibility index (Phi) is 3.50. The number of hydrogen-bond donors (Lipinski definition) is 1. The predicted molar refractivity (Wildman–Crippen MR) is 70.1 cm³/mol. The van der Waals surface area contributed by atoms with Gasteiger partial charge >= 0.3 is 0 Å². The van der Waals surface area contributed by atoms with E-state index < -0.39 is 0 Å². The van der Waals surface area contributed by atoms with Crippen LogP contribution in [0.15, 0.2) is 0 Å². The van der Waals surface area contributed by atoms with Crippen molar-refractivity contribution in [2.75, 3.05) is 18.0 Å². The van der Waals surface area contributed by atoms with E-state index in [1.165, 1.54) is 24.3 Å². The summed E-state index contributed by atoms with van der Waals surface area (Å²) in [5.41, 5.74) is 7.04. The van der Waals surface area contributed by atoms with Crippen molar-refractivity contribution in [3.8, 4) is 0 Å². The number of nitrogens with zero attached hydrogens (tertiary/aromatic N) is 2. The fourth-order valence-electron chi connectivity index (χ4n) is 1.91. The molecule has 0 bridgehead atoms. The van der Waals surface area contributed by atoms with Crippen LogP contribution in [0.4, 0.5) is 5.13 Å². The highest BCUT2D eigenvalue weighted by Gasteiger charge is 2.25. The number of aromatic nitrogens is 1. The van der Waals surface area contributed by atoms with Crippen LogP contribution in [0.3, 0.4) is 0 Å². The molecule has 4 heteroatoms. The zero-order valence-corrected chi connectivity index (χ0v) is 11.2. The Balaban J connectivity index is 2.13. The van der Waals surface area contributed by atoms with Gasteiger partial charge in [-0.1, -0.05) is 0 Å². The van der Waals surface area contributed by atoms with Crippen LogP contribution in [0.1, 0.15) is 43.3 Å². The third-order valence-electron chi connectivity index (χ3n) is 3.06.